The van der Waals surface area contributed by atoms with Crippen LogP contribution in [0.4, 0.5) is 4.39 Å². The molecule has 3 heteroatoms. The predicted octanol–water partition coefficient (Wildman–Crippen LogP) is 3.18. The van der Waals surface area contributed by atoms with E-state index in [2.05, 4.69) is 17.1 Å². The molecule has 0 amide bonds. The van der Waals surface area contributed by atoms with Crippen LogP contribution in [0.25, 0.3) is 0 Å². The lowest BCUT2D eigenvalue weighted by molar-refractivity contribution is 0.194. The van der Waals surface area contributed by atoms with E-state index < -0.39 is 0 Å². The van der Waals surface area contributed by atoms with Crippen molar-refractivity contribution in [2.45, 2.75) is 45.2 Å². The highest BCUT2D eigenvalue weighted by molar-refractivity contribution is 5.17. The highest BCUT2D eigenvalue weighted by atomic mass is 19.1. The maximum absolute atomic E-state index is 13.5. The van der Waals surface area contributed by atoms with Crippen LogP contribution in [0.15, 0.2) is 24.3 Å². The number of likely N-dealkylation sites (tertiary alicyclic amines) is 1. The lowest BCUT2D eigenvalue weighted by Gasteiger charge is -2.32. The van der Waals surface area contributed by atoms with Crippen molar-refractivity contribution in [3.63, 3.8) is 0 Å². The normalized spacial score (nSPS) is 17.8. The van der Waals surface area contributed by atoms with Crippen LogP contribution in [0.3, 0.4) is 0 Å². The van der Waals surface area contributed by atoms with E-state index in [-0.39, 0.29) is 5.82 Å². The van der Waals surface area contributed by atoms with Crippen LogP contribution < -0.4 is 5.32 Å². The summed E-state index contributed by atoms with van der Waals surface area (Å²) in [6.45, 7) is 6.47. The Morgan fingerprint density at radius 2 is 2.00 bits per heavy atom. The summed E-state index contributed by atoms with van der Waals surface area (Å²) in [4.78, 5) is 2.55. The molecule has 1 N–H and O–H groups in total. The van der Waals surface area contributed by atoms with Gasteiger partial charge in [-0.05, 0) is 45.0 Å². The fourth-order valence-corrected chi connectivity index (χ4v) is 2.64. The first kappa shape index (κ1) is 14.5. The van der Waals surface area contributed by atoms with Crippen LogP contribution in [0.2, 0.25) is 0 Å². The summed E-state index contributed by atoms with van der Waals surface area (Å²) in [5.41, 5.74) is 0.774. The Morgan fingerprint density at radius 3 is 2.68 bits per heavy atom. The molecule has 1 aliphatic rings. The molecule has 106 valence electrons. The van der Waals surface area contributed by atoms with Crippen molar-refractivity contribution in [3.05, 3.63) is 35.6 Å². The van der Waals surface area contributed by atoms with Gasteiger partial charge in [0.25, 0.3) is 0 Å². The minimum Gasteiger partial charge on any atom is -0.310 e. The van der Waals surface area contributed by atoms with Gasteiger partial charge in [0.1, 0.15) is 5.82 Å². The number of unbranched alkanes of at least 4 members (excludes halogenated alkanes) is 1. The Hall–Kier alpha value is -0.930. The van der Waals surface area contributed by atoms with Crippen molar-refractivity contribution in [2.75, 3.05) is 19.6 Å². The van der Waals surface area contributed by atoms with E-state index in [4.69, 9.17) is 0 Å². The van der Waals surface area contributed by atoms with Crippen LogP contribution >= 0.6 is 0 Å². The molecule has 1 heterocycles. The zero-order valence-electron chi connectivity index (χ0n) is 11.9. The third-order valence-electron chi connectivity index (χ3n) is 3.95. The van der Waals surface area contributed by atoms with Gasteiger partial charge in [-0.1, -0.05) is 31.5 Å². The van der Waals surface area contributed by atoms with E-state index in [9.17, 15) is 4.39 Å². The van der Waals surface area contributed by atoms with Crippen molar-refractivity contribution in [1.82, 2.24) is 10.2 Å². The Labute approximate surface area is 116 Å². The number of rotatable bonds is 6. The highest BCUT2D eigenvalue weighted by Gasteiger charge is 2.18. The second-order valence-electron chi connectivity index (χ2n) is 5.44. The number of hydrogen-bond donors (Lipinski definition) is 1. The first-order chi connectivity index (χ1) is 9.29. The third kappa shape index (κ3) is 4.59. The summed E-state index contributed by atoms with van der Waals surface area (Å²) < 4.78 is 13.5. The summed E-state index contributed by atoms with van der Waals surface area (Å²) in [6.07, 6.45) is 4.93. The molecule has 0 unspecified atom stereocenters. The second-order valence-corrected chi connectivity index (χ2v) is 5.44. The SMILES string of the molecule is CCCCN1CCC(NCc2ccccc2F)CC1. The molecule has 1 aromatic rings. The van der Waals surface area contributed by atoms with Gasteiger partial charge in [-0.25, -0.2) is 4.39 Å². The molecule has 0 spiro atoms. The Bertz CT molecular complexity index is 373. The average molecular weight is 264 g/mol. The maximum Gasteiger partial charge on any atom is 0.127 e. The topological polar surface area (TPSA) is 15.3 Å². The number of piperidine rings is 1. The third-order valence-corrected chi connectivity index (χ3v) is 3.95. The minimum absolute atomic E-state index is 0.101. The summed E-state index contributed by atoms with van der Waals surface area (Å²) in [6, 6.07) is 7.57. The molecule has 1 saturated heterocycles. The van der Waals surface area contributed by atoms with E-state index in [1.165, 1.54) is 51.4 Å². The first-order valence-corrected chi connectivity index (χ1v) is 7.48. The fraction of sp³-hybridized carbons (Fsp3) is 0.625. The Morgan fingerprint density at radius 1 is 1.26 bits per heavy atom. The summed E-state index contributed by atoms with van der Waals surface area (Å²) in [5.74, 6) is -0.101. The van der Waals surface area contributed by atoms with Crippen molar-refractivity contribution >= 4 is 0 Å². The molecule has 0 atom stereocenters. The number of halogens is 1. The van der Waals surface area contributed by atoms with Gasteiger partial charge in [-0.3, -0.25) is 0 Å². The zero-order valence-corrected chi connectivity index (χ0v) is 11.9. The van der Waals surface area contributed by atoms with Crippen LogP contribution in [0, 0.1) is 5.82 Å². The summed E-state index contributed by atoms with van der Waals surface area (Å²) >= 11 is 0. The average Bonchev–Trinajstić information content (AvgIpc) is 2.45. The smallest absolute Gasteiger partial charge is 0.127 e. The zero-order chi connectivity index (χ0) is 13.5. The van der Waals surface area contributed by atoms with E-state index in [0.29, 0.717) is 12.6 Å². The lowest BCUT2D eigenvalue weighted by atomic mass is 10.0. The van der Waals surface area contributed by atoms with Crippen LogP contribution in [0.5, 0.6) is 0 Å². The number of nitrogens with zero attached hydrogens (tertiary/aromatic N) is 1. The fourth-order valence-electron chi connectivity index (χ4n) is 2.64. The van der Waals surface area contributed by atoms with Gasteiger partial charge < -0.3 is 10.2 Å². The first-order valence-electron chi connectivity index (χ1n) is 7.48. The molecular weight excluding hydrogens is 239 g/mol. The quantitative estimate of drug-likeness (QED) is 0.849. The van der Waals surface area contributed by atoms with Crippen LogP contribution in [-0.4, -0.2) is 30.6 Å². The van der Waals surface area contributed by atoms with Gasteiger partial charge in [0.05, 0.1) is 0 Å². The van der Waals surface area contributed by atoms with Gasteiger partial charge in [0.2, 0.25) is 0 Å². The number of hydrogen-bond acceptors (Lipinski definition) is 2. The van der Waals surface area contributed by atoms with Crippen LogP contribution in [-0.2, 0) is 6.54 Å². The standard InChI is InChI=1S/C16H25FN2/c1-2-3-10-19-11-8-15(9-12-19)18-13-14-6-4-5-7-16(14)17/h4-7,15,18H,2-3,8-13H2,1H3. The molecule has 0 radical (unpaired) electrons. The van der Waals surface area contributed by atoms with E-state index in [1.54, 1.807) is 6.07 Å². The van der Waals surface area contributed by atoms with E-state index >= 15 is 0 Å². The van der Waals surface area contributed by atoms with Crippen LogP contribution in [0.1, 0.15) is 38.2 Å². The number of benzene rings is 1. The molecule has 0 aromatic heterocycles. The molecule has 0 saturated carbocycles. The Balaban J connectivity index is 1.70. The van der Waals surface area contributed by atoms with Gasteiger partial charge in [-0.2, -0.15) is 0 Å². The van der Waals surface area contributed by atoms with Gasteiger partial charge in [-0.15, -0.1) is 0 Å². The lowest BCUT2D eigenvalue weighted by Crippen LogP contribution is -2.42. The Kier molecular flexibility index (Phi) is 5.80. The van der Waals surface area contributed by atoms with Gasteiger partial charge in [0.15, 0.2) is 0 Å². The molecule has 1 aliphatic heterocycles. The molecule has 1 fully saturated rings. The summed E-state index contributed by atoms with van der Waals surface area (Å²) in [7, 11) is 0. The van der Waals surface area contributed by atoms with Gasteiger partial charge in [0, 0.05) is 18.2 Å². The predicted molar refractivity (Wildman–Crippen MR) is 77.6 cm³/mol. The maximum atomic E-state index is 13.5. The van der Waals surface area contributed by atoms with Crippen molar-refractivity contribution in [2.24, 2.45) is 0 Å². The van der Waals surface area contributed by atoms with Crippen molar-refractivity contribution in [1.29, 1.82) is 0 Å². The van der Waals surface area contributed by atoms with E-state index in [0.717, 1.165) is 5.56 Å². The second kappa shape index (κ2) is 7.61. The molecule has 0 bridgehead atoms. The minimum atomic E-state index is -0.101. The molecule has 2 nitrogen and oxygen atoms in total. The monoisotopic (exact) mass is 264 g/mol. The molecule has 0 aliphatic carbocycles. The molecular formula is C16H25FN2. The molecule has 1 aromatic carbocycles. The highest BCUT2D eigenvalue weighted by Crippen LogP contribution is 2.13. The van der Waals surface area contributed by atoms with Crippen molar-refractivity contribution in [3.8, 4) is 0 Å². The largest absolute Gasteiger partial charge is 0.310 e. The molecule has 19 heavy (non-hydrogen) atoms. The number of nitrogens with one attached hydrogen (secondary N) is 1. The van der Waals surface area contributed by atoms with E-state index in [1.807, 2.05) is 12.1 Å². The summed E-state index contributed by atoms with van der Waals surface area (Å²) in [5, 5.41) is 3.49. The van der Waals surface area contributed by atoms with Gasteiger partial charge >= 0.3 is 0 Å². The molecule has 2 rings (SSSR count). The van der Waals surface area contributed by atoms with Crippen molar-refractivity contribution < 1.29 is 4.39 Å².